The van der Waals surface area contributed by atoms with Crippen molar-refractivity contribution in [1.82, 2.24) is 19.6 Å². The van der Waals surface area contributed by atoms with Gasteiger partial charge in [-0.15, -0.1) is 10.2 Å². The quantitative estimate of drug-likeness (QED) is 0.196. The van der Waals surface area contributed by atoms with Crippen LogP contribution in [0.1, 0.15) is 11.4 Å². The molecule has 0 spiro atoms. The molecule has 6 rings (SSSR count). The molecule has 2 heterocycles. The van der Waals surface area contributed by atoms with Gasteiger partial charge in [-0.25, -0.2) is 9.36 Å². The van der Waals surface area contributed by atoms with E-state index in [1.54, 1.807) is 74.5 Å². The molecule has 14 heteroatoms. The first-order valence-electron chi connectivity index (χ1n) is 13.3. The smallest absolute Gasteiger partial charge is 0.871 e. The topological polar surface area (TPSA) is 177 Å². The van der Waals surface area contributed by atoms with Crippen molar-refractivity contribution in [2.75, 3.05) is 0 Å². The minimum atomic E-state index is -0.365. The van der Waals surface area contributed by atoms with Gasteiger partial charge in [0.1, 0.15) is 11.4 Å². The van der Waals surface area contributed by atoms with Crippen molar-refractivity contribution in [3.63, 3.8) is 0 Å². The van der Waals surface area contributed by atoms with E-state index in [-0.39, 0.29) is 92.9 Å². The van der Waals surface area contributed by atoms with Crippen LogP contribution >= 0.6 is 0 Å². The summed E-state index contributed by atoms with van der Waals surface area (Å²) in [4.78, 5) is 0. The monoisotopic (exact) mass is 659 g/mol. The van der Waals surface area contributed by atoms with E-state index in [1.807, 2.05) is 36.4 Å². The molecule has 6 aromatic rings. The van der Waals surface area contributed by atoms with Crippen molar-refractivity contribution in [3.05, 3.63) is 121 Å². The molecule has 1 radical (unpaired) electrons. The number of rotatable bonds is 6. The number of nitrogens with zero attached hydrogens (tertiary/aromatic N) is 8. The molecule has 2 aromatic heterocycles. The van der Waals surface area contributed by atoms with Crippen LogP contribution in [-0.2, 0) is 17.4 Å². The van der Waals surface area contributed by atoms with E-state index in [2.05, 4.69) is 30.7 Å². The summed E-state index contributed by atoms with van der Waals surface area (Å²) in [5.41, 5.74) is 2.87. The van der Waals surface area contributed by atoms with Crippen molar-refractivity contribution < 1.29 is 67.3 Å². The number of aryl methyl sites for hydroxylation is 2. The van der Waals surface area contributed by atoms with Crippen LogP contribution in [0.2, 0.25) is 0 Å². The Bertz CT molecular complexity index is 1810. The van der Waals surface area contributed by atoms with Gasteiger partial charge in [-0.1, -0.05) is 84.3 Å². The Labute approximate surface area is 297 Å². The molecule has 0 saturated heterocycles. The molecule has 0 N–H and O–H groups in total. The molecule has 0 fully saturated rings. The molecule has 0 aliphatic rings. The van der Waals surface area contributed by atoms with Crippen LogP contribution in [0.5, 0.6) is 23.3 Å². The van der Waals surface area contributed by atoms with Gasteiger partial charge in [-0.3, -0.25) is 0 Å². The second-order valence-electron chi connectivity index (χ2n) is 9.31. The van der Waals surface area contributed by atoms with Gasteiger partial charge < -0.3 is 20.4 Å². The normalized spacial score (nSPS) is 10.7. The van der Waals surface area contributed by atoms with E-state index in [0.29, 0.717) is 22.8 Å². The zero-order valence-corrected chi connectivity index (χ0v) is 28.3. The van der Waals surface area contributed by atoms with Gasteiger partial charge in [-0.05, 0) is 50.2 Å². The molecule has 0 saturated carbocycles. The maximum Gasteiger partial charge on any atom is 3.00 e. The fourth-order valence-corrected chi connectivity index (χ4v) is 4.00. The Hall–Kier alpha value is -4.77. The fraction of sp³-hybridized carbons (Fsp3) is 0.0625. The zero-order valence-electron chi connectivity index (χ0n) is 25.0. The maximum atomic E-state index is 12.4. The minimum Gasteiger partial charge on any atom is -0.871 e. The van der Waals surface area contributed by atoms with Gasteiger partial charge in [0, 0.05) is 11.8 Å². The molecule has 0 unspecified atom stereocenters. The van der Waals surface area contributed by atoms with Gasteiger partial charge >= 0.3 is 46.9 Å². The summed E-state index contributed by atoms with van der Waals surface area (Å²) >= 11 is 0. The molecule has 0 aliphatic heterocycles. The average molecular weight is 660 g/mol. The molecule has 4 aromatic carbocycles. The second-order valence-corrected chi connectivity index (χ2v) is 9.31. The Morgan fingerprint density at radius 2 is 0.804 bits per heavy atom. The molecule has 223 valence electrons. The Morgan fingerprint density at radius 1 is 0.478 bits per heavy atom. The first-order valence-corrected chi connectivity index (χ1v) is 13.3. The molecule has 0 atom stereocenters. The molecule has 0 amide bonds. The van der Waals surface area contributed by atoms with Gasteiger partial charge in [0.25, 0.3) is 0 Å². The average Bonchev–Trinajstić information content (AvgIpc) is 3.50. The van der Waals surface area contributed by atoms with Crippen LogP contribution in [0.25, 0.3) is 11.4 Å². The summed E-state index contributed by atoms with van der Waals surface area (Å²) in [5.74, 6) is -1.22. The Kier molecular flexibility index (Phi) is 12.8. The number of hydrogen-bond donors (Lipinski definition) is 0. The number of benzene rings is 4. The van der Waals surface area contributed by atoms with Gasteiger partial charge in [0.15, 0.2) is 0 Å². The van der Waals surface area contributed by atoms with Crippen LogP contribution < -0.4 is 50.0 Å². The van der Waals surface area contributed by atoms with Gasteiger partial charge in [0.2, 0.25) is 0 Å². The third-order valence-corrected chi connectivity index (χ3v) is 6.22. The summed E-state index contributed by atoms with van der Waals surface area (Å²) in [7, 11) is 0. The number of azo groups is 2. The van der Waals surface area contributed by atoms with Crippen molar-refractivity contribution in [2.24, 2.45) is 20.5 Å². The van der Waals surface area contributed by atoms with E-state index >= 15 is 0 Å². The van der Waals surface area contributed by atoms with E-state index in [4.69, 9.17) is 0 Å². The number of hydrogen-bond acceptors (Lipinski definition) is 10. The molecule has 0 bridgehead atoms. The van der Waals surface area contributed by atoms with Crippen LogP contribution in [-0.4, -0.2) is 19.6 Å². The first kappa shape index (κ1) is 35.7. The molecule has 12 nitrogen and oxygen atoms in total. The van der Waals surface area contributed by atoms with Crippen LogP contribution in [0.4, 0.5) is 22.7 Å². The zero-order chi connectivity index (χ0) is 31.1. The van der Waals surface area contributed by atoms with E-state index in [1.165, 1.54) is 21.5 Å². The predicted molar refractivity (Wildman–Crippen MR) is 156 cm³/mol. The fourth-order valence-electron chi connectivity index (χ4n) is 4.00. The van der Waals surface area contributed by atoms with Crippen molar-refractivity contribution in [2.45, 2.75) is 13.8 Å². The van der Waals surface area contributed by atoms with Crippen molar-refractivity contribution in [1.29, 1.82) is 0 Å². The standard InChI is InChI=1S/2C16H14N4O2.Cr.Na/c2*1-11-15(18-17-13-9-5-6-10-14(13)21)16(22)20(19-11)12-7-3-2-4-8-12;;/h2*2-10,21-22H,1H3;;/q;;+3;+1/p-4. The number of para-hydroxylation sites is 4. The second kappa shape index (κ2) is 16.5. The minimum absolute atomic E-state index is 0. The first-order chi connectivity index (χ1) is 21.3. The maximum absolute atomic E-state index is 12.4. The summed E-state index contributed by atoms with van der Waals surface area (Å²) in [6.07, 6.45) is 0. The van der Waals surface area contributed by atoms with Crippen LogP contribution in [0.15, 0.2) is 130 Å². The predicted octanol–water partition coefficient (Wildman–Crippen LogP) is 2.49. The van der Waals surface area contributed by atoms with E-state index in [0.717, 1.165) is 0 Å². The molecular weight excluding hydrogens is 635 g/mol. The number of aromatic nitrogens is 4. The largest absolute Gasteiger partial charge is 3.00 e. The summed E-state index contributed by atoms with van der Waals surface area (Å²) in [5, 5.41) is 71.8. The van der Waals surface area contributed by atoms with E-state index in [9.17, 15) is 20.4 Å². The summed E-state index contributed by atoms with van der Waals surface area (Å²) < 4.78 is 2.54. The SMILES string of the molecule is Cc1nn(-c2ccccc2)c([O-])c1N=Nc1ccccc1[O-].Cc1nn(-c2ccccc2)c([O-])c1N=Nc1ccccc1[O-].[Cr+3].[Na+]. The van der Waals surface area contributed by atoms with Gasteiger partial charge in [0.05, 0.1) is 34.1 Å². The molecule has 46 heavy (non-hydrogen) atoms. The van der Waals surface area contributed by atoms with Crippen LogP contribution in [0, 0.1) is 13.8 Å². The van der Waals surface area contributed by atoms with Crippen LogP contribution in [0.3, 0.4) is 0 Å². The summed E-state index contributed by atoms with van der Waals surface area (Å²) in [6.45, 7) is 3.36. The van der Waals surface area contributed by atoms with Crippen molar-refractivity contribution >= 4 is 22.7 Å². The Morgan fingerprint density at radius 3 is 1.15 bits per heavy atom. The summed E-state index contributed by atoms with van der Waals surface area (Å²) in [6, 6.07) is 30.6. The Balaban J connectivity index is 0.000000240. The third-order valence-electron chi connectivity index (χ3n) is 6.22. The van der Waals surface area contributed by atoms with Gasteiger partial charge in [-0.2, -0.15) is 20.4 Å². The third kappa shape index (κ3) is 8.28. The molecular formula is C32H24CrN8NaO4. The van der Waals surface area contributed by atoms with Crippen molar-refractivity contribution in [3.8, 4) is 34.6 Å². The molecule has 0 aliphatic carbocycles. The van der Waals surface area contributed by atoms with E-state index < -0.39 is 0 Å².